The van der Waals surface area contributed by atoms with Crippen LogP contribution in [0.3, 0.4) is 0 Å². The number of nitrogens with zero attached hydrogens (tertiary/aromatic N) is 2. The summed E-state index contributed by atoms with van der Waals surface area (Å²) in [6.45, 7) is 0. The first-order valence-corrected chi connectivity index (χ1v) is 7.69. The highest BCUT2D eigenvalue weighted by Gasteiger charge is 2.04. The minimum Gasteiger partial charge on any atom is -0.497 e. The zero-order valence-electron chi connectivity index (χ0n) is 11.7. The lowest BCUT2D eigenvalue weighted by Gasteiger charge is -2.01. The average Bonchev–Trinajstić information content (AvgIpc) is 2.84. The molecule has 0 aliphatic rings. The van der Waals surface area contributed by atoms with Gasteiger partial charge in [0.1, 0.15) is 10.7 Å². The van der Waals surface area contributed by atoms with Gasteiger partial charge in [0, 0.05) is 12.6 Å². The molecule has 0 spiro atoms. The monoisotopic (exact) mass is 314 g/mol. The third-order valence-electron chi connectivity index (χ3n) is 3.25. The number of fused-ring (bicyclic) bond motifs is 1. The van der Waals surface area contributed by atoms with E-state index in [1.807, 2.05) is 43.4 Å². The van der Waals surface area contributed by atoms with Crippen molar-refractivity contribution in [2.24, 2.45) is 12.0 Å². The minimum atomic E-state index is 0.583. The van der Waals surface area contributed by atoms with Crippen molar-refractivity contribution >= 4 is 38.8 Å². The highest BCUT2D eigenvalue weighted by molar-refractivity contribution is 7.80. The number of ether oxygens (including phenoxy) is 1. The molecule has 3 nitrogen and oxygen atoms in total. The van der Waals surface area contributed by atoms with Crippen LogP contribution in [-0.2, 0) is 7.05 Å². The molecule has 1 heterocycles. The van der Waals surface area contributed by atoms with E-state index in [0.717, 1.165) is 16.1 Å². The Morgan fingerprint density at radius 2 is 1.86 bits per heavy atom. The summed E-state index contributed by atoms with van der Waals surface area (Å²) in [5.41, 5.74) is 2.09. The van der Waals surface area contributed by atoms with Crippen molar-refractivity contribution in [1.82, 2.24) is 4.57 Å². The Kier molecular flexibility index (Phi) is 3.86. The summed E-state index contributed by atoms with van der Waals surface area (Å²) in [4.78, 5) is 6.08. The van der Waals surface area contributed by atoms with Crippen LogP contribution in [0.2, 0.25) is 0 Å². The molecule has 0 amide bonds. The van der Waals surface area contributed by atoms with E-state index in [0.29, 0.717) is 4.99 Å². The Morgan fingerprint density at radius 3 is 2.52 bits per heavy atom. The van der Waals surface area contributed by atoms with Crippen LogP contribution in [-0.4, -0.2) is 16.7 Å². The molecular weight excluding hydrogens is 300 g/mol. The first-order valence-electron chi connectivity index (χ1n) is 6.47. The van der Waals surface area contributed by atoms with Gasteiger partial charge in [-0.15, -0.1) is 0 Å². The standard InChI is InChI=1S/C16H14N2OS2/c1-18-13-5-3-4-6-14(13)21-16(18)17-15(20)11-7-9-12(19-2)10-8-11/h3-10H,1-2H3. The number of hydrogen-bond acceptors (Lipinski definition) is 3. The fraction of sp³-hybridized carbons (Fsp3) is 0.125. The van der Waals surface area contributed by atoms with Crippen molar-refractivity contribution < 1.29 is 4.74 Å². The molecule has 106 valence electrons. The molecule has 1 aromatic heterocycles. The van der Waals surface area contributed by atoms with Gasteiger partial charge >= 0.3 is 0 Å². The fourth-order valence-electron chi connectivity index (χ4n) is 2.07. The fourth-order valence-corrected chi connectivity index (χ4v) is 3.38. The molecule has 0 fully saturated rings. The average molecular weight is 314 g/mol. The maximum atomic E-state index is 5.43. The molecule has 0 bridgehead atoms. The molecule has 0 aliphatic heterocycles. The molecule has 0 N–H and O–H groups in total. The van der Waals surface area contributed by atoms with Crippen LogP contribution in [0.25, 0.3) is 10.2 Å². The van der Waals surface area contributed by atoms with E-state index in [9.17, 15) is 0 Å². The zero-order chi connectivity index (χ0) is 14.8. The van der Waals surface area contributed by atoms with Gasteiger partial charge in [-0.2, -0.15) is 0 Å². The Hall–Kier alpha value is -1.98. The zero-order valence-corrected chi connectivity index (χ0v) is 13.4. The maximum absolute atomic E-state index is 5.43. The molecule has 0 radical (unpaired) electrons. The summed E-state index contributed by atoms with van der Waals surface area (Å²) >= 11 is 7.07. The van der Waals surface area contributed by atoms with E-state index >= 15 is 0 Å². The van der Waals surface area contributed by atoms with Gasteiger partial charge in [-0.1, -0.05) is 35.7 Å². The third kappa shape index (κ3) is 2.75. The molecule has 0 saturated heterocycles. The largest absolute Gasteiger partial charge is 0.497 e. The second-order valence-corrected chi connectivity index (χ2v) is 5.95. The molecule has 2 aromatic carbocycles. The van der Waals surface area contributed by atoms with Crippen molar-refractivity contribution in [3.8, 4) is 5.75 Å². The van der Waals surface area contributed by atoms with E-state index in [-0.39, 0.29) is 0 Å². The number of hydrogen-bond donors (Lipinski definition) is 0. The number of para-hydroxylation sites is 1. The van der Waals surface area contributed by atoms with Crippen LogP contribution in [0.15, 0.2) is 53.5 Å². The molecule has 21 heavy (non-hydrogen) atoms. The summed E-state index contributed by atoms with van der Waals surface area (Å²) < 4.78 is 8.42. The number of methoxy groups -OCH3 is 1. The van der Waals surface area contributed by atoms with Gasteiger partial charge in [0.2, 0.25) is 0 Å². The van der Waals surface area contributed by atoms with Crippen molar-refractivity contribution in [3.63, 3.8) is 0 Å². The minimum absolute atomic E-state index is 0.583. The Balaban J connectivity index is 2.02. The van der Waals surface area contributed by atoms with E-state index < -0.39 is 0 Å². The van der Waals surface area contributed by atoms with Crippen LogP contribution in [0.4, 0.5) is 0 Å². The van der Waals surface area contributed by atoms with Gasteiger partial charge in [0.25, 0.3) is 0 Å². The van der Waals surface area contributed by atoms with Crippen LogP contribution in [0, 0.1) is 0 Å². The number of aromatic nitrogens is 1. The van der Waals surface area contributed by atoms with Gasteiger partial charge in [-0.05, 0) is 36.4 Å². The number of rotatable bonds is 2. The van der Waals surface area contributed by atoms with Crippen LogP contribution >= 0.6 is 23.6 Å². The van der Waals surface area contributed by atoms with Gasteiger partial charge < -0.3 is 9.30 Å². The number of benzene rings is 2. The van der Waals surface area contributed by atoms with Crippen LogP contribution < -0.4 is 9.54 Å². The van der Waals surface area contributed by atoms with Gasteiger partial charge in [-0.3, -0.25) is 0 Å². The maximum Gasteiger partial charge on any atom is 0.191 e. The Labute approximate surface area is 132 Å². The van der Waals surface area contributed by atoms with E-state index in [1.165, 1.54) is 10.2 Å². The number of aryl methyl sites for hydroxylation is 1. The normalized spacial score (nSPS) is 11.8. The summed E-state index contributed by atoms with van der Waals surface area (Å²) in [7, 11) is 3.66. The first-order chi connectivity index (χ1) is 10.2. The number of thiocarbonyl (C=S) groups is 1. The predicted molar refractivity (Wildman–Crippen MR) is 91.1 cm³/mol. The molecule has 0 atom stereocenters. The highest BCUT2D eigenvalue weighted by Crippen LogP contribution is 2.16. The molecule has 3 aromatic rings. The van der Waals surface area contributed by atoms with E-state index in [1.54, 1.807) is 18.4 Å². The van der Waals surface area contributed by atoms with E-state index in [4.69, 9.17) is 17.0 Å². The second kappa shape index (κ2) is 5.79. The molecule has 0 aliphatic carbocycles. The first kappa shape index (κ1) is 14.0. The Morgan fingerprint density at radius 1 is 1.14 bits per heavy atom. The molecular formula is C16H14N2OS2. The summed E-state index contributed by atoms with van der Waals surface area (Å²) in [6, 6.07) is 15.9. The van der Waals surface area contributed by atoms with Gasteiger partial charge in [-0.25, -0.2) is 4.99 Å². The van der Waals surface area contributed by atoms with Crippen molar-refractivity contribution in [1.29, 1.82) is 0 Å². The molecule has 3 rings (SSSR count). The number of thiazole rings is 1. The smallest absolute Gasteiger partial charge is 0.191 e. The summed E-state index contributed by atoms with van der Waals surface area (Å²) in [6.07, 6.45) is 0. The molecule has 0 saturated carbocycles. The lowest BCUT2D eigenvalue weighted by molar-refractivity contribution is 0.415. The van der Waals surface area contributed by atoms with Crippen molar-refractivity contribution in [2.45, 2.75) is 0 Å². The Bertz CT molecular complexity index is 860. The second-order valence-electron chi connectivity index (χ2n) is 4.56. The van der Waals surface area contributed by atoms with Crippen LogP contribution in [0.1, 0.15) is 5.56 Å². The lowest BCUT2D eigenvalue weighted by atomic mass is 10.2. The molecule has 0 unspecified atom stereocenters. The molecule has 5 heteroatoms. The van der Waals surface area contributed by atoms with Crippen molar-refractivity contribution in [2.75, 3.05) is 7.11 Å². The third-order valence-corrected chi connectivity index (χ3v) is 4.69. The highest BCUT2D eigenvalue weighted by atomic mass is 32.1. The predicted octanol–water partition coefficient (Wildman–Crippen LogP) is 3.52. The quantitative estimate of drug-likeness (QED) is 0.677. The van der Waals surface area contributed by atoms with Crippen LogP contribution in [0.5, 0.6) is 5.75 Å². The topological polar surface area (TPSA) is 26.5 Å². The van der Waals surface area contributed by atoms with Gasteiger partial charge in [0.15, 0.2) is 4.80 Å². The van der Waals surface area contributed by atoms with Crippen molar-refractivity contribution in [3.05, 3.63) is 58.9 Å². The SMILES string of the molecule is COc1ccc(C(=S)N=c2sc3ccccc3n2C)cc1. The van der Waals surface area contributed by atoms with E-state index in [2.05, 4.69) is 21.7 Å². The van der Waals surface area contributed by atoms with Gasteiger partial charge in [0.05, 0.1) is 17.3 Å². The lowest BCUT2D eigenvalue weighted by Crippen LogP contribution is -2.12. The summed E-state index contributed by atoms with van der Waals surface area (Å²) in [5, 5.41) is 0. The summed E-state index contributed by atoms with van der Waals surface area (Å²) in [5.74, 6) is 0.814.